The van der Waals surface area contributed by atoms with Gasteiger partial charge in [0.25, 0.3) is 0 Å². The Bertz CT molecular complexity index is 429. The molecular weight excluding hydrogens is 232 g/mol. The van der Waals surface area contributed by atoms with Crippen molar-refractivity contribution in [3.63, 3.8) is 0 Å². The maximum absolute atomic E-state index is 11.1. The summed E-state index contributed by atoms with van der Waals surface area (Å²) in [6, 6.07) is 0. The van der Waals surface area contributed by atoms with Gasteiger partial charge >= 0.3 is 0 Å². The first kappa shape index (κ1) is 14.2. The number of aromatic nitrogens is 3. The molecule has 1 heterocycles. The first-order valence-corrected chi connectivity index (χ1v) is 5.99. The van der Waals surface area contributed by atoms with Crippen LogP contribution < -0.4 is 0 Å². The molecule has 0 aromatic carbocycles. The molecule has 0 bridgehead atoms. The molecule has 6 nitrogen and oxygen atoms in total. The first-order chi connectivity index (χ1) is 8.54. The van der Waals surface area contributed by atoms with E-state index in [1.165, 1.54) is 18.5 Å². The minimum Gasteiger partial charge on any atom is -0.300 e. The van der Waals surface area contributed by atoms with E-state index in [2.05, 4.69) is 15.3 Å². The molecule has 0 atom stereocenters. The molecule has 1 aromatic heterocycles. The molecule has 1 rings (SSSR count). The summed E-state index contributed by atoms with van der Waals surface area (Å²) in [6.45, 7) is 5.02. The van der Waals surface area contributed by atoms with E-state index in [9.17, 15) is 9.59 Å². The van der Waals surface area contributed by atoms with Crippen LogP contribution in [0.3, 0.4) is 0 Å². The van der Waals surface area contributed by atoms with Gasteiger partial charge in [-0.2, -0.15) is 5.10 Å². The van der Waals surface area contributed by atoms with Crippen LogP contribution in [-0.2, 0) is 22.4 Å². The summed E-state index contributed by atoms with van der Waals surface area (Å²) in [4.78, 5) is 22.3. The zero-order valence-electron chi connectivity index (χ0n) is 11.0. The Morgan fingerprint density at radius 1 is 1.17 bits per heavy atom. The lowest BCUT2D eigenvalue weighted by atomic mass is 10.3. The highest BCUT2D eigenvalue weighted by Gasteiger charge is 2.14. The monoisotopic (exact) mass is 250 g/mol. The fourth-order valence-electron chi connectivity index (χ4n) is 1.42. The van der Waals surface area contributed by atoms with Crippen LogP contribution >= 0.6 is 0 Å². The summed E-state index contributed by atoms with van der Waals surface area (Å²) in [6.07, 6.45) is 3.91. The molecule has 0 saturated heterocycles. The van der Waals surface area contributed by atoms with E-state index in [4.69, 9.17) is 0 Å². The second-order valence-corrected chi connectivity index (χ2v) is 4.19. The van der Waals surface area contributed by atoms with E-state index >= 15 is 0 Å². The molecule has 18 heavy (non-hydrogen) atoms. The highest BCUT2D eigenvalue weighted by molar-refractivity contribution is 5.78. The number of hydrogen-bond donors (Lipinski definition) is 0. The van der Waals surface area contributed by atoms with Crippen LogP contribution in [0.25, 0.3) is 0 Å². The van der Waals surface area contributed by atoms with E-state index < -0.39 is 0 Å². The minimum absolute atomic E-state index is 0.0104. The van der Waals surface area contributed by atoms with E-state index in [0.717, 1.165) is 12.8 Å². The molecule has 0 aliphatic carbocycles. The van der Waals surface area contributed by atoms with Crippen LogP contribution in [0.2, 0.25) is 0 Å². The molecule has 0 unspecified atom stereocenters. The Balaban J connectivity index is 3.00. The van der Waals surface area contributed by atoms with Crippen molar-refractivity contribution < 1.29 is 9.59 Å². The first-order valence-electron chi connectivity index (χ1n) is 5.99. The molecule has 0 radical (unpaired) electrons. The molecule has 0 fully saturated rings. The van der Waals surface area contributed by atoms with Gasteiger partial charge in [-0.25, -0.2) is 4.68 Å². The highest BCUT2D eigenvalue weighted by Crippen LogP contribution is 2.05. The number of carbonyl (C=O) groups excluding carboxylic acids is 2. The van der Waals surface area contributed by atoms with Crippen molar-refractivity contribution in [3.05, 3.63) is 11.6 Å². The van der Waals surface area contributed by atoms with Crippen LogP contribution in [-0.4, -0.2) is 32.7 Å². The van der Waals surface area contributed by atoms with Crippen LogP contribution in [0.4, 0.5) is 0 Å². The summed E-state index contributed by atoms with van der Waals surface area (Å²) in [7, 11) is 0. The van der Waals surface area contributed by atoms with Crippen molar-refractivity contribution in [2.75, 3.05) is 0 Å². The summed E-state index contributed by atoms with van der Waals surface area (Å²) < 4.78 is 1.50. The zero-order chi connectivity index (χ0) is 13.5. The normalized spacial score (nSPS) is 11.1. The predicted octanol–water partition coefficient (Wildman–Crippen LogP) is 1.18. The van der Waals surface area contributed by atoms with Crippen molar-refractivity contribution >= 4 is 17.8 Å². The van der Waals surface area contributed by atoms with Gasteiger partial charge in [0.2, 0.25) is 0 Å². The summed E-state index contributed by atoms with van der Waals surface area (Å²) in [5.74, 6) is 0.935. The lowest BCUT2D eigenvalue weighted by Gasteiger charge is -2.01. The van der Waals surface area contributed by atoms with Crippen LogP contribution in [0.15, 0.2) is 5.10 Å². The molecule has 1 aromatic rings. The molecule has 6 heteroatoms. The minimum atomic E-state index is -0.0104. The van der Waals surface area contributed by atoms with Gasteiger partial charge in [-0.1, -0.05) is 13.3 Å². The SMILES string of the molecule is CCC/C=N/n1c(CC(C)=O)nnc1CC(C)=O. The highest BCUT2D eigenvalue weighted by atomic mass is 16.1. The number of carbonyl (C=O) groups is 2. The van der Waals surface area contributed by atoms with Crippen LogP contribution in [0.5, 0.6) is 0 Å². The van der Waals surface area contributed by atoms with Crippen molar-refractivity contribution in [1.82, 2.24) is 14.9 Å². The van der Waals surface area contributed by atoms with Gasteiger partial charge in [-0.05, 0) is 20.3 Å². The molecule has 0 saturated carbocycles. The van der Waals surface area contributed by atoms with E-state index in [-0.39, 0.29) is 24.4 Å². The molecule has 0 spiro atoms. The van der Waals surface area contributed by atoms with E-state index in [1.807, 2.05) is 6.92 Å². The summed E-state index contributed by atoms with van der Waals surface area (Å²) >= 11 is 0. The molecule has 98 valence electrons. The maximum Gasteiger partial charge on any atom is 0.161 e. The lowest BCUT2D eigenvalue weighted by Crippen LogP contribution is -2.09. The summed E-state index contributed by atoms with van der Waals surface area (Å²) in [5.41, 5.74) is 0. The smallest absolute Gasteiger partial charge is 0.161 e. The lowest BCUT2D eigenvalue weighted by molar-refractivity contribution is -0.117. The second-order valence-electron chi connectivity index (χ2n) is 4.19. The number of ketones is 2. The van der Waals surface area contributed by atoms with E-state index in [1.54, 1.807) is 6.21 Å². The Labute approximate surface area is 106 Å². The number of rotatable bonds is 7. The van der Waals surface area contributed by atoms with Gasteiger partial charge in [0, 0.05) is 6.21 Å². The van der Waals surface area contributed by atoms with Gasteiger partial charge in [-0.3, -0.25) is 9.59 Å². The fourth-order valence-corrected chi connectivity index (χ4v) is 1.42. The number of nitrogens with zero attached hydrogens (tertiary/aromatic N) is 4. The van der Waals surface area contributed by atoms with Crippen LogP contribution in [0, 0.1) is 0 Å². The molecule has 0 aliphatic rings. The van der Waals surface area contributed by atoms with Gasteiger partial charge in [0.05, 0.1) is 12.8 Å². The third kappa shape index (κ3) is 4.20. The average molecular weight is 250 g/mol. The summed E-state index contributed by atoms with van der Waals surface area (Å²) in [5, 5.41) is 12.1. The number of Topliss-reactive ketones (excluding diaryl/α,β-unsaturated/α-hetero) is 2. The number of unbranched alkanes of at least 4 members (excludes halogenated alkanes) is 1. The molecule has 0 N–H and O–H groups in total. The quantitative estimate of drug-likeness (QED) is 0.681. The largest absolute Gasteiger partial charge is 0.300 e. The van der Waals surface area contributed by atoms with E-state index in [0.29, 0.717) is 11.6 Å². The molecule has 0 amide bonds. The third-order valence-corrected chi connectivity index (χ3v) is 2.20. The Morgan fingerprint density at radius 2 is 1.67 bits per heavy atom. The van der Waals surface area contributed by atoms with Gasteiger partial charge in [0.15, 0.2) is 11.6 Å². The van der Waals surface area contributed by atoms with Gasteiger partial charge in [-0.15, -0.1) is 10.2 Å². The third-order valence-electron chi connectivity index (χ3n) is 2.20. The maximum atomic E-state index is 11.1. The zero-order valence-corrected chi connectivity index (χ0v) is 11.0. The molecule has 0 aliphatic heterocycles. The van der Waals surface area contributed by atoms with Crippen molar-refractivity contribution in [1.29, 1.82) is 0 Å². The Hall–Kier alpha value is -1.85. The average Bonchev–Trinajstić information content (AvgIpc) is 2.61. The topological polar surface area (TPSA) is 77.2 Å². The van der Waals surface area contributed by atoms with Gasteiger partial charge in [0.1, 0.15) is 11.6 Å². The number of hydrogen-bond acceptors (Lipinski definition) is 5. The van der Waals surface area contributed by atoms with Crippen molar-refractivity contribution in [2.45, 2.75) is 46.5 Å². The van der Waals surface area contributed by atoms with Gasteiger partial charge < -0.3 is 0 Å². The fraction of sp³-hybridized carbons (Fsp3) is 0.583. The van der Waals surface area contributed by atoms with Crippen LogP contribution in [0.1, 0.15) is 45.3 Å². The predicted molar refractivity (Wildman–Crippen MR) is 67.6 cm³/mol. The Morgan fingerprint density at radius 3 is 2.06 bits per heavy atom. The standard InChI is InChI=1S/C12H18N4O2/c1-4-5-6-13-16-11(7-9(2)17)14-15-12(16)8-10(3)18/h6H,4-5,7-8H2,1-3H3/b13-6+. The Kier molecular flexibility index (Phi) is 5.35. The molecular formula is C12H18N4O2. The van der Waals surface area contributed by atoms with Crippen molar-refractivity contribution in [2.24, 2.45) is 5.10 Å². The second kappa shape index (κ2) is 6.78. The van der Waals surface area contributed by atoms with Crippen molar-refractivity contribution in [3.8, 4) is 0 Å².